The molecule has 144 valence electrons. The molecule has 1 amide bonds. The van der Waals surface area contributed by atoms with Crippen LogP contribution in [0.1, 0.15) is 22.3 Å². The fraction of sp³-hybridized carbons (Fsp3) is 0.227. The molecule has 0 radical (unpaired) electrons. The number of sulfone groups is 1. The molecule has 4 nitrogen and oxygen atoms in total. The van der Waals surface area contributed by atoms with E-state index in [9.17, 15) is 17.6 Å². The molecule has 1 saturated heterocycles. The molecule has 0 spiro atoms. The summed E-state index contributed by atoms with van der Waals surface area (Å²) in [6, 6.07) is 18.8. The van der Waals surface area contributed by atoms with Gasteiger partial charge in [-0.3, -0.25) is 4.79 Å². The summed E-state index contributed by atoms with van der Waals surface area (Å²) in [6.45, 7) is 0.303. The Morgan fingerprint density at radius 3 is 2.43 bits per heavy atom. The molecule has 0 saturated carbocycles. The number of hydrogen-bond donors (Lipinski definition) is 0. The number of halogens is 1. The summed E-state index contributed by atoms with van der Waals surface area (Å²) in [5, 5.41) is 2.09. The number of carbonyl (C=O) groups is 1. The van der Waals surface area contributed by atoms with Gasteiger partial charge in [-0.05, 0) is 47.0 Å². The fourth-order valence-corrected chi connectivity index (χ4v) is 5.49. The van der Waals surface area contributed by atoms with Gasteiger partial charge < -0.3 is 4.90 Å². The number of carbonyl (C=O) groups excluding carboxylic acids is 1. The Kier molecular flexibility index (Phi) is 4.89. The summed E-state index contributed by atoms with van der Waals surface area (Å²) >= 11 is 0. The summed E-state index contributed by atoms with van der Waals surface area (Å²) < 4.78 is 37.3. The van der Waals surface area contributed by atoms with Gasteiger partial charge in [0.05, 0.1) is 11.5 Å². The van der Waals surface area contributed by atoms with Gasteiger partial charge in [0.2, 0.25) is 0 Å². The van der Waals surface area contributed by atoms with Crippen LogP contribution in [0.4, 0.5) is 4.39 Å². The average molecular weight is 397 g/mol. The van der Waals surface area contributed by atoms with Crippen LogP contribution in [-0.4, -0.2) is 36.8 Å². The van der Waals surface area contributed by atoms with E-state index in [4.69, 9.17) is 0 Å². The van der Waals surface area contributed by atoms with Crippen LogP contribution >= 0.6 is 0 Å². The van der Waals surface area contributed by atoms with Crippen molar-refractivity contribution < 1.29 is 17.6 Å². The fourth-order valence-electron chi connectivity index (χ4n) is 3.76. The monoisotopic (exact) mass is 397 g/mol. The predicted octanol–water partition coefficient (Wildman–Crippen LogP) is 3.81. The van der Waals surface area contributed by atoms with Gasteiger partial charge in [0, 0.05) is 18.2 Å². The number of nitrogens with zero attached hydrogens (tertiary/aromatic N) is 1. The van der Waals surface area contributed by atoms with Crippen LogP contribution < -0.4 is 0 Å². The van der Waals surface area contributed by atoms with E-state index < -0.39 is 15.7 Å². The van der Waals surface area contributed by atoms with Crippen LogP contribution in [0, 0.1) is 5.82 Å². The van der Waals surface area contributed by atoms with E-state index in [1.54, 1.807) is 4.90 Å². The molecule has 28 heavy (non-hydrogen) atoms. The molecule has 4 rings (SSSR count). The molecule has 3 aromatic carbocycles. The quantitative estimate of drug-likeness (QED) is 0.673. The molecule has 0 aromatic heterocycles. The van der Waals surface area contributed by atoms with E-state index in [1.165, 1.54) is 24.3 Å². The van der Waals surface area contributed by atoms with Crippen LogP contribution in [0.3, 0.4) is 0 Å². The van der Waals surface area contributed by atoms with Crippen molar-refractivity contribution in [3.8, 4) is 0 Å². The van der Waals surface area contributed by atoms with Gasteiger partial charge in [-0.1, -0.05) is 42.5 Å². The first-order valence-electron chi connectivity index (χ1n) is 9.16. The van der Waals surface area contributed by atoms with Gasteiger partial charge in [-0.2, -0.15) is 0 Å². The first-order chi connectivity index (χ1) is 13.4. The minimum absolute atomic E-state index is 0.0370. The van der Waals surface area contributed by atoms with Gasteiger partial charge in [-0.25, -0.2) is 12.8 Å². The Morgan fingerprint density at radius 1 is 1.00 bits per heavy atom. The maximum Gasteiger partial charge on any atom is 0.254 e. The van der Waals surface area contributed by atoms with Gasteiger partial charge in [0.1, 0.15) is 5.82 Å². The first-order valence-corrected chi connectivity index (χ1v) is 11.0. The third-order valence-electron chi connectivity index (χ3n) is 5.22. The number of benzene rings is 3. The summed E-state index contributed by atoms with van der Waals surface area (Å²) in [4.78, 5) is 14.8. The smallest absolute Gasteiger partial charge is 0.254 e. The molecule has 0 unspecified atom stereocenters. The minimum atomic E-state index is -3.15. The van der Waals surface area contributed by atoms with Crippen LogP contribution in [0.5, 0.6) is 0 Å². The second-order valence-electron chi connectivity index (χ2n) is 7.14. The summed E-state index contributed by atoms with van der Waals surface area (Å²) in [5.41, 5.74) is 1.31. The van der Waals surface area contributed by atoms with Crippen molar-refractivity contribution >= 4 is 26.5 Å². The molecule has 0 aliphatic carbocycles. The van der Waals surface area contributed by atoms with E-state index in [1.807, 2.05) is 42.5 Å². The normalized spacial score (nSPS) is 18.2. The van der Waals surface area contributed by atoms with E-state index in [2.05, 4.69) is 0 Å². The topological polar surface area (TPSA) is 54.5 Å². The number of hydrogen-bond acceptors (Lipinski definition) is 3. The maximum atomic E-state index is 13.3. The molecule has 1 fully saturated rings. The Balaban J connectivity index is 1.72. The molecule has 6 heteroatoms. The maximum absolute atomic E-state index is 13.3. The van der Waals surface area contributed by atoms with Crippen LogP contribution in [0.25, 0.3) is 10.8 Å². The molecular formula is C22H20FNO3S. The lowest BCUT2D eigenvalue weighted by Crippen LogP contribution is -2.40. The van der Waals surface area contributed by atoms with Crippen molar-refractivity contribution in [1.29, 1.82) is 0 Å². The lowest BCUT2D eigenvalue weighted by Gasteiger charge is -2.29. The largest absolute Gasteiger partial charge is 0.330 e. The van der Waals surface area contributed by atoms with E-state index in [0.717, 1.165) is 16.3 Å². The van der Waals surface area contributed by atoms with Crippen molar-refractivity contribution in [3.63, 3.8) is 0 Å². The van der Waals surface area contributed by atoms with Gasteiger partial charge in [-0.15, -0.1) is 0 Å². The highest BCUT2D eigenvalue weighted by Crippen LogP contribution is 2.26. The minimum Gasteiger partial charge on any atom is -0.330 e. The second kappa shape index (κ2) is 7.36. The molecular weight excluding hydrogens is 377 g/mol. The van der Waals surface area contributed by atoms with Crippen molar-refractivity contribution in [1.82, 2.24) is 4.90 Å². The highest BCUT2D eigenvalue weighted by Gasteiger charge is 2.35. The number of rotatable bonds is 4. The zero-order valence-corrected chi connectivity index (χ0v) is 16.0. The van der Waals surface area contributed by atoms with Crippen molar-refractivity contribution in [2.45, 2.75) is 19.0 Å². The van der Waals surface area contributed by atoms with Crippen molar-refractivity contribution in [2.75, 3.05) is 11.5 Å². The molecule has 1 atom stereocenters. The van der Waals surface area contributed by atoms with Crippen LogP contribution in [-0.2, 0) is 16.4 Å². The summed E-state index contributed by atoms with van der Waals surface area (Å²) in [7, 11) is -3.15. The molecule has 1 heterocycles. The summed E-state index contributed by atoms with van der Waals surface area (Å²) in [6.07, 6.45) is 0.417. The zero-order chi connectivity index (χ0) is 19.7. The second-order valence-corrected chi connectivity index (χ2v) is 9.36. The highest BCUT2D eigenvalue weighted by atomic mass is 32.2. The van der Waals surface area contributed by atoms with E-state index in [-0.39, 0.29) is 23.5 Å². The van der Waals surface area contributed by atoms with Crippen LogP contribution in [0.2, 0.25) is 0 Å². The Morgan fingerprint density at radius 2 is 1.71 bits per heavy atom. The third kappa shape index (κ3) is 3.78. The highest BCUT2D eigenvalue weighted by molar-refractivity contribution is 7.91. The van der Waals surface area contributed by atoms with Gasteiger partial charge in [0.15, 0.2) is 9.84 Å². The van der Waals surface area contributed by atoms with Gasteiger partial charge in [0.25, 0.3) is 5.91 Å². The Labute approximate surface area is 163 Å². The molecule has 0 bridgehead atoms. The standard InChI is InChI=1S/C22H20FNO3S/c23-19-10-8-17(9-11-19)22(25)24(20-12-13-28(26,27)15-20)14-18-6-3-5-16-4-1-2-7-21(16)18/h1-11,20H,12-15H2/t20-/m1/s1. The number of fused-ring (bicyclic) bond motifs is 1. The average Bonchev–Trinajstić information content (AvgIpc) is 3.05. The predicted molar refractivity (Wildman–Crippen MR) is 107 cm³/mol. The molecule has 1 aliphatic rings. The van der Waals surface area contributed by atoms with Gasteiger partial charge >= 0.3 is 0 Å². The lowest BCUT2D eigenvalue weighted by molar-refractivity contribution is 0.0682. The summed E-state index contributed by atoms with van der Waals surface area (Å²) in [5.74, 6) is -0.652. The molecule has 1 aliphatic heterocycles. The van der Waals surface area contributed by atoms with E-state index >= 15 is 0 Å². The van der Waals surface area contributed by atoms with Crippen molar-refractivity contribution in [2.24, 2.45) is 0 Å². The SMILES string of the molecule is O=C(c1ccc(F)cc1)N(Cc1cccc2ccccc12)[C@@H]1CCS(=O)(=O)C1. The molecule has 3 aromatic rings. The lowest BCUT2D eigenvalue weighted by atomic mass is 10.0. The third-order valence-corrected chi connectivity index (χ3v) is 6.97. The molecule has 0 N–H and O–H groups in total. The van der Waals surface area contributed by atoms with Crippen molar-refractivity contribution in [3.05, 3.63) is 83.7 Å². The van der Waals surface area contributed by atoms with E-state index in [0.29, 0.717) is 18.5 Å². The van der Waals surface area contributed by atoms with Crippen LogP contribution in [0.15, 0.2) is 66.7 Å². The first kappa shape index (κ1) is 18.6. The Bertz CT molecular complexity index is 1120. The Hall–Kier alpha value is -2.73. The zero-order valence-electron chi connectivity index (χ0n) is 15.2. The number of amides is 1.